The zero-order chi connectivity index (χ0) is 2.00. The molecule has 0 heterocycles. The van der Waals surface area contributed by atoms with E-state index in [0.29, 0.717) is 0 Å². The number of hydrogen-bond acceptors (Lipinski definition) is 0. The maximum absolute atomic E-state index is 9.71. The topological polar surface area (TPSA) is 94.5 Å². The van der Waals surface area contributed by atoms with E-state index in [-0.39, 0.29) is 16.4 Å². The Bertz CT molecular complexity index is 6.85. The maximum atomic E-state index is 9.71. The predicted molar refractivity (Wildman–Crippen MR) is 20.5 cm³/mol. The van der Waals surface area contributed by atoms with Crippen LogP contribution in [0.25, 0.3) is 0 Å². The van der Waals surface area contributed by atoms with Gasteiger partial charge in [0.15, 0.2) is 0 Å². The van der Waals surface area contributed by atoms with Crippen LogP contribution in [0.1, 0.15) is 0 Å². The first-order valence-corrected chi connectivity index (χ1v) is 2.54. The molecule has 0 aromatic rings. The molecule has 0 saturated heterocycles. The molecule has 0 aliphatic rings. The Balaban J connectivity index is -0.00000000167. The van der Waals surface area contributed by atoms with Crippen molar-refractivity contribution >= 4 is 25.0 Å². The number of hydrogen-bond donors (Lipinski definition) is 0. The van der Waals surface area contributed by atoms with E-state index in [0.717, 1.165) is 0 Å². The molecule has 36 valence electrons. The molecule has 0 amide bonds. The summed E-state index contributed by atoms with van der Waals surface area (Å²) in [7, 11) is 0. The van der Waals surface area contributed by atoms with E-state index in [2.05, 4.69) is 0 Å². The zero-order valence-corrected chi connectivity index (χ0v) is 8.59. The average molecular weight is 190 g/mol. The Morgan fingerprint density at radius 1 is 0.800 bits per heavy atom. The quantitative estimate of drug-likeness (QED) is 0.389. The summed E-state index contributed by atoms with van der Waals surface area (Å²) in [6, 6.07) is 0. The van der Waals surface area contributed by atoms with E-state index in [1.807, 2.05) is 0 Å². The zero-order valence-electron chi connectivity index (χ0n) is 2.88. The molecule has 0 bridgehead atoms. The van der Waals surface area contributed by atoms with Gasteiger partial charge in [0.05, 0.1) is 0 Å². The van der Waals surface area contributed by atoms with Gasteiger partial charge in [-0.15, -0.1) is 0 Å². The summed E-state index contributed by atoms with van der Waals surface area (Å²) in [5, 5.41) is 0. The van der Waals surface area contributed by atoms with E-state index < -0.39 is 25.0 Å². The summed E-state index contributed by atoms with van der Waals surface area (Å²) < 4.78 is 9.71. The van der Waals surface area contributed by atoms with Crippen molar-refractivity contribution in [3.63, 3.8) is 0 Å². The van der Waals surface area contributed by atoms with Gasteiger partial charge in [0.1, 0.15) is 0 Å². The van der Waals surface area contributed by atoms with Gasteiger partial charge in [0.2, 0.25) is 0 Å². The van der Waals surface area contributed by atoms with Gasteiger partial charge >= 0.3 is 27.6 Å². The fraction of sp³-hybridized carbons (Fsp3) is 0. The Morgan fingerprint density at radius 2 is 0.800 bits per heavy atom. The summed E-state index contributed by atoms with van der Waals surface area (Å²) in [5.74, 6) is 0. The summed E-state index contributed by atoms with van der Waals surface area (Å²) in [4.78, 5) is 0. The standard InChI is InChI=1S/FH.In.3H2O.2H/h1H;;3*1H2;;/q;+1;;;;;/p-1. The third-order valence-corrected chi connectivity index (χ3v) is 0. The molecular weight excluding hydrogens is 182 g/mol. The van der Waals surface area contributed by atoms with Crippen LogP contribution < -0.4 is 0 Å². The van der Waals surface area contributed by atoms with Crippen molar-refractivity contribution in [2.75, 3.05) is 0 Å². The first-order valence-electron chi connectivity index (χ1n) is 0.378. The molecule has 0 unspecified atom stereocenters. The first-order chi connectivity index (χ1) is 1.00. The van der Waals surface area contributed by atoms with Crippen LogP contribution in [0, 0.1) is 0 Å². The normalized spacial score (nSPS) is 1.00. The summed E-state index contributed by atoms with van der Waals surface area (Å²) >= 11 is -0.550. The average Bonchev–Trinajstić information content (AvgIpc) is 1.00. The van der Waals surface area contributed by atoms with Crippen molar-refractivity contribution in [1.29, 1.82) is 0 Å². The van der Waals surface area contributed by atoms with Crippen LogP contribution in [0.3, 0.4) is 0 Å². The van der Waals surface area contributed by atoms with Crippen molar-refractivity contribution in [2.45, 2.75) is 0 Å². The minimum absolute atomic E-state index is 0. The summed E-state index contributed by atoms with van der Waals surface area (Å²) in [6.45, 7) is 0. The van der Waals surface area contributed by atoms with Crippen LogP contribution in [0.4, 0.5) is 2.66 Å². The van der Waals surface area contributed by atoms with Crippen molar-refractivity contribution < 1.29 is 19.1 Å². The van der Waals surface area contributed by atoms with E-state index >= 15 is 0 Å². The van der Waals surface area contributed by atoms with Crippen LogP contribution in [-0.4, -0.2) is 41.4 Å². The van der Waals surface area contributed by atoms with Gasteiger partial charge in [0, 0.05) is 0 Å². The van der Waals surface area contributed by atoms with Crippen molar-refractivity contribution in [3.8, 4) is 0 Å². The van der Waals surface area contributed by atoms with Gasteiger partial charge in [-0.3, -0.25) is 0 Å². The Morgan fingerprint density at radius 3 is 0.800 bits per heavy atom. The van der Waals surface area contributed by atoms with E-state index in [1.54, 1.807) is 0 Å². The molecule has 0 saturated carbocycles. The molecule has 0 spiro atoms. The van der Waals surface area contributed by atoms with Gasteiger partial charge in [-0.1, -0.05) is 0 Å². The molecule has 0 atom stereocenters. The monoisotopic (exact) mass is 190 g/mol. The second kappa shape index (κ2) is 137. The minimum atomic E-state index is -0.550. The van der Waals surface area contributed by atoms with Gasteiger partial charge in [0.25, 0.3) is 0 Å². The third kappa shape index (κ3) is 72.7. The molecule has 0 rings (SSSR count). The molecule has 0 aliphatic heterocycles. The van der Waals surface area contributed by atoms with E-state index in [1.165, 1.54) is 0 Å². The van der Waals surface area contributed by atoms with Crippen molar-refractivity contribution in [1.82, 2.24) is 0 Å². The van der Waals surface area contributed by atoms with Gasteiger partial charge in [-0.25, -0.2) is 0 Å². The van der Waals surface area contributed by atoms with Gasteiger partial charge in [-0.05, 0) is 0 Å². The van der Waals surface area contributed by atoms with Crippen LogP contribution in [0.15, 0.2) is 0 Å². The summed E-state index contributed by atoms with van der Waals surface area (Å²) in [5.41, 5.74) is 0. The number of halogens is 1. The second-order valence-electron chi connectivity index (χ2n) is 0. The molecule has 0 aromatic heterocycles. The Hall–Kier alpha value is 0.680. The van der Waals surface area contributed by atoms with E-state index in [4.69, 9.17) is 0 Å². The van der Waals surface area contributed by atoms with E-state index in [9.17, 15) is 2.66 Å². The van der Waals surface area contributed by atoms with Crippen molar-refractivity contribution in [3.05, 3.63) is 0 Å². The molecule has 5 heteroatoms. The molecule has 0 fully saturated rings. The predicted octanol–water partition coefficient (Wildman–Crippen LogP) is -2.97. The van der Waals surface area contributed by atoms with Crippen molar-refractivity contribution in [2.24, 2.45) is 0 Å². The molecule has 0 aliphatic carbocycles. The van der Waals surface area contributed by atoms with Crippen LogP contribution in [-0.2, 0) is 0 Å². The second-order valence-corrected chi connectivity index (χ2v) is 0. The SMILES string of the molecule is O.O.O.[F][InH2]. The Labute approximate surface area is 44.5 Å². The molecule has 6 N–H and O–H groups in total. The molecular formula is H8FInO3. The van der Waals surface area contributed by atoms with Crippen LogP contribution in [0.2, 0.25) is 0 Å². The summed E-state index contributed by atoms with van der Waals surface area (Å²) in [6.07, 6.45) is 0. The fourth-order valence-electron chi connectivity index (χ4n) is 0. The molecule has 3 nitrogen and oxygen atoms in total. The Kier molecular flexibility index (Phi) is 1210. The molecule has 0 aromatic carbocycles. The molecule has 0 radical (unpaired) electrons. The fourth-order valence-corrected chi connectivity index (χ4v) is 0. The number of rotatable bonds is 0. The van der Waals surface area contributed by atoms with Gasteiger partial charge < -0.3 is 16.4 Å². The molecule has 5 heavy (non-hydrogen) atoms. The first kappa shape index (κ1) is 44.1. The van der Waals surface area contributed by atoms with Gasteiger partial charge in [-0.2, -0.15) is 0 Å². The third-order valence-electron chi connectivity index (χ3n) is 0. The van der Waals surface area contributed by atoms with Crippen LogP contribution in [0.5, 0.6) is 0 Å². The van der Waals surface area contributed by atoms with Crippen LogP contribution >= 0.6 is 0 Å².